The van der Waals surface area contributed by atoms with Crippen LogP contribution < -0.4 is 10.1 Å². The summed E-state index contributed by atoms with van der Waals surface area (Å²) < 4.78 is 56.2. The van der Waals surface area contributed by atoms with Crippen molar-refractivity contribution in [1.29, 1.82) is 0 Å². The van der Waals surface area contributed by atoms with Crippen molar-refractivity contribution in [1.82, 2.24) is 10.2 Å². The summed E-state index contributed by atoms with van der Waals surface area (Å²) >= 11 is 0. The number of benzene rings is 1. The van der Waals surface area contributed by atoms with Crippen LogP contribution in [0.15, 0.2) is 24.3 Å². The molecule has 8 heteroatoms. The number of hydrogen-bond acceptors (Lipinski definition) is 3. The Morgan fingerprint density at radius 2 is 1.76 bits per heavy atom. The number of ether oxygens (including phenoxy) is 1. The summed E-state index contributed by atoms with van der Waals surface area (Å²) in [5.41, 5.74) is 0.536. The Kier molecular flexibility index (Phi) is 8.44. The van der Waals surface area contributed by atoms with Gasteiger partial charge in [0.2, 0.25) is 0 Å². The van der Waals surface area contributed by atoms with Gasteiger partial charge >= 0.3 is 12.5 Å². The summed E-state index contributed by atoms with van der Waals surface area (Å²) in [7, 11) is 0. The van der Waals surface area contributed by atoms with Crippen LogP contribution in [-0.4, -0.2) is 43.6 Å². The van der Waals surface area contributed by atoms with E-state index in [9.17, 15) is 17.6 Å². The van der Waals surface area contributed by atoms with Crippen LogP contribution >= 0.6 is 12.4 Å². The highest BCUT2D eigenvalue weighted by Gasteiger charge is 2.44. The van der Waals surface area contributed by atoms with E-state index in [-0.39, 0.29) is 24.2 Å². The van der Waals surface area contributed by atoms with Gasteiger partial charge in [-0.1, -0.05) is 32.0 Å². The van der Waals surface area contributed by atoms with Crippen molar-refractivity contribution in [2.24, 2.45) is 5.92 Å². The van der Waals surface area contributed by atoms with E-state index in [2.05, 4.69) is 15.0 Å². The summed E-state index contributed by atoms with van der Waals surface area (Å²) in [5.74, 6) is 0.153. The molecule has 2 rings (SSSR count). The van der Waals surface area contributed by atoms with E-state index in [1.807, 2.05) is 13.8 Å². The van der Waals surface area contributed by atoms with Crippen molar-refractivity contribution in [3.63, 3.8) is 0 Å². The second kappa shape index (κ2) is 9.59. The molecule has 1 aromatic carbocycles. The Morgan fingerprint density at radius 1 is 1.16 bits per heavy atom. The first-order valence-corrected chi connectivity index (χ1v) is 8.20. The molecule has 144 valence electrons. The van der Waals surface area contributed by atoms with Gasteiger partial charge in [0, 0.05) is 37.8 Å². The Bertz CT molecular complexity index is 525. The van der Waals surface area contributed by atoms with Gasteiger partial charge in [-0.3, -0.25) is 4.90 Å². The summed E-state index contributed by atoms with van der Waals surface area (Å²) in [6.07, 6.45) is -7.63. The summed E-state index contributed by atoms with van der Waals surface area (Å²) in [4.78, 5) is 2.19. The molecule has 1 atom stereocenters. The van der Waals surface area contributed by atoms with Crippen molar-refractivity contribution in [3.8, 4) is 5.75 Å². The number of nitrogens with zero attached hydrogens (tertiary/aromatic N) is 1. The molecular formula is C17H25ClF4N2O. The predicted molar refractivity (Wildman–Crippen MR) is 91.9 cm³/mol. The Morgan fingerprint density at radius 3 is 2.32 bits per heavy atom. The molecule has 0 aromatic heterocycles. The number of rotatable bonds is 7. The highest BCUT2D eigenvalue weighted by atomic mass is 35.5. The van der Waals surface area contributed by atoms with Gasteiger partial charge in [-0.25, -0.2) is 0 Å². The van der Waals surface area contributed by atoms with Gasteiger partial charge in [0.25, 0.3) is 0 Å². The Balaban J connectivity index is 0.00000312. The van der Waals surface area contributed by atoms with Crippen LogP contribution in [0, 0.1) is 5.92 Å². The van der Waals surface area contributed by atoms with Crippen LogP contribution in [0.4, 0.5) is 17.6 Å². The monoisotopic (exact) mass is 384 g/mol. The molecule has 0 amide bonds. The minimum Gasteiger partial charge on any atom is -0.428 e. The molecule has 1 N–H and O–H groups in total. The number of piperazine rings is 1. The summed E-state index contributed by atoms with van der Waals surface area (Å²) in [6.45, 7) is 7.27. The first-order valence-electron chi connectivity index (χ1n) is 8.20. The van der Waals surface area contributed by atoms with Crippen molar-refractivity contribution in [2.75, 3.05) is 26.2 Å². The first kappa shape index (κ1) is 22.0. The van der Waals surface area contributed by atoms with Crippen molar-refractivity contribution < 1.29 is 22.3 Å². The lowest BCUT2D eigenvalue weighted by molar-refractivity contribution is -0.253. The van der Waals surface area contributed by atoms with E-state index in [0.29, 0.717) is 11.5 Å². The predicted octanol–water partition coefficient (Wildman–Crippen LogP) is 4.34. The molecule has 0 spiro atoms. The van der Waals surface area contributed by atoms with E-state index >= 15 is 0 Å². The van der Waals surface area contributed by atoms with Crippen LogP contribution in [0.5, 0.6) is 5.75 Å². The Hall–Kier alpha value is -1.05. The van der Waals surface area contributed by atoms with Gasteiger partial charge in [0.15, 0.2) is 0 Å². The lowest BCUT2D eigenvalue weighted by atomic mass is 9.94. The van der Waals surface area contributed by atoms with Crippen LogP contribution in [-0.2, 0) is 0 Å². The van der Waals surface area contributed by atoms with Gasteiger partial charge in [-0.05, 0) is 18.4 Å². The smallest absolute Gasteiger partial charge is 0.428 e. The molecule has 1 aliphatic heterocycles. The SMILES string of the molecule is CC(C)C[C@@H](c1ccccc1OC(F)(F)C(F)F)N1CCNCC1.Cl. The van der Waals surface area contributed by atoms with Gasteiger partial charge in [-0.2, -0.15) is 17.6 Å². The zero-order valence-corrected chi connectivity index (χ0v) is 15.2. The fraction of sp³-hybridized carbons (Fsp3) is 0.647. The largest absolute Gasteiger partial charge is 0.461 e. The number of alkyl halides is 4. The Labute approximate surface area is 152 Å². The maximum atomic E-state index is 13.4. The van der Waals surface area contributed by atoms with E-state index < -0.39 is 12.5 Å². The number of nitrogens with one attached hydrogen (secondary N) is 1. The molecule has 3 nitrogen and oxygen atoms in total. The standard InChI is InChI=1S/C17H24F4N2O.ClH/c1-12(2)11-14(23-9-7-22-8-10-23)13-5-3-4-6-15(13)24-17(20,21)16(18)19;/h3-6,12,14,16,22H,7-11H2,1-2H3;1H/t14-;/m0./s1. The molecule has 0 radical (unpaired) electrons. The van der Waals surface area contributed by atoms with Gasteiger partial charge < -0.3 is 10.1 Å². The molecule has 0 aliphatic carbocycles. The van der Waals surface area contributed by atoms with Crippen LogP contribution in [0.25, 0.3) is 0 Å². The maximum absolute atomic E-state index is 13.4. The average Bonchev–Trinajstić information content (AvgIpc) is 2.53. The molecule has 0 saturated carbocycles. The van der Waals surface area contributed by atoms with E-state index in [1.165, 1.54) is 12.1 Å². The van der Waals surface area contributed by atoms with Gasteiger partial charge in [0.05, 0.1) is 0 Å². The zero-order chi connectivity index (χ0) is 17.7. The number of para-hydroxylation sites is 1. The topological polar surface area (TPSA) is 24.5 Å². The maximum Gasteiger partial charge on any atom is 0.461 e. The third kappa shape index (κ3) is 6.01. The number of halogens is 5. The summed E-state index contributed by atoms with van der Waals surface area (Å²) in [6, 6.07) is 6.12. The molecular weight excluding hydrogens is 360 g/mol. The molecule has 1 heterocycles. The average molecular weight is 385 g/mol. The molecule has 1 saturated heterocycles. The van der Waals surface area contributed by atoms with Gasteiger partial charge in [-0.15, -0.1) is 12.4 Å². The van der Waals surface area contributed by atoms with Crippen molar-refractivity contribution in [2.45, 2.75) is 38.8 Å². The molecule has 0 unspecified atom stereocenters. The second-order valence-electron chi connectivity index (χ2n) is 6.43. The number of hydrogen-bond donors (Lipinski definition) is 1. The van der Waals surface area contributed by atoms with E-state index in [0.717, 1.165) is 32.6 Å². The van der Waals surface area contributed by atoms with Crippen LogP contribution in [0.3, 0.4) is 0 Å². The highest BCUT2D eigenvalue weighted by Crippen LogP contribution is 2.37. The van der Waals surface area contributed by atoms with Crippen LogP contribution in [0.1, 0.15) is 31.9 Å². The van der Waals surface area contributed by atoms with Crippen molar-refractivity contribution >= 4 is 12.4 Å². The van der Waals surface area contributed by atoms with Crippen molar-refractivity contribution in [3.05, 3.63) is 29.8 Å². The van der Waals surface area contributed by atoms with Crippen LogP contribution in [0.2, 0.25) is 0 Å². The molecule has 1 fully saturated rings. The first-order chi connectivity index (χ1) is 11.3. The minimum atomic E-state index is -4.50. The highest BCUT2D eigenvalue weighted by molar-refractivity contribution is 5.85. The minimum absolute atomic E-state index is 0. The van der Waals surface area contributed by atoms with Gasteiger partial charge in [0.1, 0.15) is 5.75 Å². The molecule has 1 aromatic rings. The normalized spacial score (nSPS) is 17.4. The lowest BCUT2D eigenvalue weighted by Crippen LogP contribution is -2.45. The fourth-order valence-electron chi connectivity index (χ4n) is 2.95. The zero-order valence-electron chi connectivity index (χ0n) is 14.4. The third-order valence-corrected chi connectivity index (χ3v) is 4.07. The molecule has 1 aliphatic rings. The lowest BCUT2D eigenvalue weighted by Gasteiger charge is -2.37. The summed E-state index contributed by atoms with van der Waals surface area (Å²) in [5, 5.41) is 3.25. The third-order valence-electron chi connectivity index (χ3n) is 4.07. The quantitative estimate of drug-likeness (QED) is 0.708. The van der Waals surface area contributed by atoms with E-state index in [4.69, 9.17) is 0 Å². The second-order valence-corrected chi connectivity index (χ2v) is 6.43. The molecule has 25 heavy (non-hydrogen) atoms. The van der Waals surface area contributed by atoms with E-state index in [1.54, 1.807) is 12.1 Å². The fourth-order valence-corrected chi connectivity index (χ4v) is 2.95. The molecule has 0 bridgehead atoms.